The van der Waals surface area contributed by atoms with Crippen molar-refractivity contribution in [3.63, 3.8) is 0 Å². The number of anilines is 2. The van der Waals surface area contributed by atoms with Gasteiger partial charge in [0.15, 0.2) is 0 Å². The monoisotopic (exact) mass is 795 g/mol. The zero-order valence-electron chi connectivity index (χ0n) is 35.4. The maximum Gasteiger partial charge on any atom is 0.0461 e. The summed E-state index contributed by atoms with van der Waals surface area (Å²) in [5.74, 6) is 0.842. The van der Waals surface area contributed by atoms with Crippen LogP contribution in [0.2, 0.25) is 0 Å². The van der Waals surface area contributed by atoms with Gasteiger partial charge in [-0.1, -0.05) is 208 Å². The highest BCUT2D eigenvalue weighted by molar-refractivity contribution is 6.22. The maximum atomic E-state index is 2.55. The topological polar surface area (TPSA) is 3.24 Å². The lowest BCUT2D eigenvalue weighted by molar-refractivity contribution is 0.318. The second-order valence-corrected chi connectivity index (χ2v) is 17.6. The van der Waals surface area contributed by atoms with Crippen LogP contribution < -0.4 is 4.90 Å². The first-order valence-corrected chi connectivity index (χ1v) is 22.1. The first-order valence-electron chi connectivity index (χ1n) is 22.1. The van der Waals surface area contributed by atoms with Crippen LogP contribution in [0.25, 0.3) is 61.0 Å². The molecule has 0 N–H and O–H groups in total. The normalized spacial score (nSPS) is 17.8. The number of nitrogens with zero attached hydrogens (tertiary/aromatic N) is 1. The van der Waals surface area contributed by atoms with E-state index in [-0.39, 0.29) is 5.41 Å². The predicted octanol–water partition coefficient (Wildman–Crippen LogP) is 16.6. The minimum atomic E-state index is 0.0202. The van der Waals surface area contributed by atoms with Gasteiger partial charge in [0.05, 0.1) is 0 Å². The molecule has 0 saturated carbocycles. The smallest absolute Gasteiger partial charge is 0.0461 e. The molecule has 8 aromatic carbocycles. The van der Waals surface area contributed by atoms with Gasteiger partial charge >= 0.3 is 0 Å². The Bertz CT molecular complexity index is 3070. The third-order valence-electron chi connectivity index (χ3n) is 13.7. The zero-order chi connectivity index (χ0) is 41.6. The van der Waals surface area contributed by atoms with Gasteiger partial charge in [-0.25, -0.2) is 0 Å². The average Bonchev–Trinajstić information content (AvgIpc) is 3.56. The van der Waals surface area contributed by atoms with Crippen molar-refractivity contribution in [2.75, 3.05) is 4.90 Å². The number of hydrogen-bond donors (Lipinski definition) is 0. The summed E-state index contributed by atoms with van der Waals surface area (Å²) in [7, 11) is 0. The summed E-state index contributed by atoms with van der Waals surface area (Å²) in [6.07, 6.45) is 16.8. The van der Waals surface area contributed by atoms with E-state index in [4.69, 9.17) is 0 Å². The summed E-state index contributed by atoms with van der Waals surface area (Å²) in [6.45, 7) is 4.91. The van der Waals surface area contributed by atoms with Crippen LogP contribution in [0, 0.1) is 17.3 Å². The standard InChI is InChI=1S/C61H49N/c1-61(2)57-39-43(31-36-52(57)53-38-35-50(41-58(53)61)62(48-21-11-5-12-22-48)49-23-13-6-14-24-49)28-27-42-29-32-44(33-30-42)47-34-37-55-56(40-47)51-25-15-16-26-54(51)59(45-17-7-3-8-18-45)60(55)46-19-9-4-10-20-46/h3-30,32-35,37-41,53,58H,31,36H2,1-2H3/b28-27+. The lowest BCUT2D eigenvalue weighted by atomic mass is 9.72. The third-order valence-corrected chi connectivity index (χ3v) is 13.7. The molecule has 2 unspecified atom stereocenters. The average molecular weight is 796 g/mol. The highest BCUT2D eigenvalue weighted by Crippen LogP contribution is 2.57. The van der Waals surface area contributed by atoms with Crippen molar-refractivity contribution < 1.29 is 0 Å². The first kappa shape index (κ1) is 37.8. The minimum Gasteiger partial charge on any atom is -0.311 e. The second-order valence-electron chi connectivity index (χ2n) is 17.6. The van der Waals surface area contributed by atoms with Crippen LogP contribution in [0.3, 0.4) is 0 Å². The summed E-state index contributed by atoms with van der Waals surface area (Å²) in [4.78, 5) is 2.40. The van der Waals surface area contributed by atoms with Gasteiger partial charge < -0.3 is 4.90 Å². The van der Waals surface area contributed by atoms with Crippen LogP contribution in [-0.4, -0.2) is 0 Å². The van der Waals surface area contributed by atoms with Crippen molar-refractivity contribution in [1.82, 2.24) is 0 Å². The number of rotatable bonds is 8. The minimum absolute atomic E-state index is 0.0202. The van der Waals surface area contributed by atoms with Gasteiger partial charge in [0.2, 0.25) is 0 Å². The molecular weight excluding hydrogens is 747 g/mol. The number of hydrogen-bond acceptors (Lipinski definition) is 1. The van der Waals surface area contributed by atoms with Crippen molar-refractivity contribution in [1.29, 1.82) is 0 Å². The molecular formula is C61H49N. The van der Waals surface area contributed by atoms with Crippen LogP contribution in [-0.2, 0) is 0 Å². The number of para-hydroxylation sites is 2. The van der Waals surface area contributed by atoms with Crippen molar-refractivity contribution in [3.05, 3.63) is 246 Å². The lowest BCUT2D eigenvalue weighted by Crippen LogP contribution is -2.27. The van der Waals surface area contributed by atoms with E-state index in [9.17, 15) is 0 Å². The maximum absolute atomic E-state index is 2.55. The van der Waals surface area contributed by atoms with Gasteiger partial charge in [-0.15, -0.1) is 0 Å². The van der Waals surface area contributed by atoms with Crippen molar-refractivity contribution >= 4 is 39.0 Å². The first-order chi connectivity index (χ1) is 30.5. The molecule has 0 heterocycles. The summed E-state index contributed by atoms with van der Waals surface area (Å²) in [6, 6.07) is 68.3. The van der Waals surface area contributed by atoms with Crippen molar-refractivity contribution in [2.45, 2.75) is 26.7 Å². The Morgan fingerprint density at radius 1 is 0.500 bits per heavy atom. The summed E-state index contributed by atoms with van der Waals surface area (Å²) < 4.78 is 0. The van der Waals surface area contributed by atoms with Crippen LogP contribution in [0.1, 0.15) is 32.3 Å². The van der Waals surface area contributed by atoms with Crippen LogP contribution in [0.4, 0.5) is 11.4 Å². The molecule has 0 radical (unpaired) electrons. The lowest BCUT2D eigenvalue weighted by Gasteiger charge is -2.35. The summed E-state index contributed by atoms with van der Waals surface area (Å²) >= 11 is 0. The fraction of sp³-hybridized carbons (Fsp3) is 0.115. The van der Waals surface area contributed by atoms with Gasteiger partial charge in [0, 0.05) is 23.0 Å². The molecule has 0 amide bonds. The second kappa shape index (κ2) is 15.7. The Hall–Kier alpha value is -7.22. The molecule has 0 aliphatic heterocycles. The molecule has 62 heavy (non-hydrogen) atoms. The van der Waals surface area contributed by atoms with Gasteiger partial charge in [-0.05, 0) is 132 Å². The van der Waals surface area contributed by atoms with Gasteiger partial charge in [0.25, 0.3) is 0 Å². The highest BCUT2D eigenvalue weighted by Gasteiger charge is 2.47. The Morgan fingerprint density at radius 2 is 1.05 bits per heavy atom. The Kier molecular flexibility index (Phi) is 9.54. The molecule has 3 aliphatic carbocycles. The zero-order valence-corrected chi connectivity index (χ0v) is 35.4. The Balaban J connectivity index is 0.877. The number of benzene rings is 8. The molecule has 0 fully saturated rings. The van der Waals surface area contributed by atoms with E-state index < -0.39 is 0 Å². The third kappa shape index (κ3) is 6.66. The van der Waals surface area contributed by atoms with Gasteiger partial charge in [0.1, 0.15) is 0 Å². The molecule has 2 atom stereocenters. The summed E-state index contributed by atoms with van der Waals surface area (Å²) in [5, 5.41) is 5.10. The molecule has 11 rings (SSSR count). The van der Waals surface area contributed by atoms with Crippen molar-refractivity contribution in [3.8, 4) is 33.4 Å². The number of allylic oxidation sites excluding steroid dienone is 8. The molecule has 8 aromatic rings. The van der Waals surface area contributed by atoms with E-state index in [1.165, 1.54) is 88.7 Å². The van der Waals surface area contributed by atoms with Crippen LogP contribution >= 0.6 is 0 Å². The van der Waals surface area contributed by atoms with E-state index in [0.29, 0.717) is 11.8 Å². The van der Waals surface area contributed by atoms with Crippen molar-refractivity contribution in [2.24, 2.45) is 17.3 Å². The predicted molar refractivity (Wildman–Crippen MR) is 264 cm³/mol. The fourth-order valence-electron chi connectivity index (χ4n) is 10.6. The van der Waals surface area contributed by atoms with Gasteiger partial charge in [-0.2, -0.15) is 0 Å². The SMILES string of the molecule is CC1(C)C2=C(CCC(/C=C/c3ccc(-c4ccc5c(-c6ccccc6)c(-c6ccccc6)c6ccccc6c5c4)cc3)=C2)C2C=CC(N(c3ccccc3)c3ccccc3)=CC21. The molecule has 3 aliphatic rings. The Morgan fingerprint density at radius 3 is 1.68 bits per heavy atom. The largest absolute Gasteiger partial charge is 0.311 e. The van der Waals surface area contributed by atoms with E-state index in [0.717, 1.165) is 12.8 Å². The van der Waals surface area contributed by atoms with E-state index in [1.54, 1.807) is 5.57 Å². The molecule has 0 spiro atoms. The quantitative estimate of drug-likeness (QED) is 0.139. The summed E-state index contributed by atoms with van der Waals surface area (Å²) in [5.41, 5.74) is 16.9. The molecule has 0 saturated heterocycles. The molecule has 1 nitrogen and oxygen atoms in total. The highest BCUT2D eigenvalue weighted by atomic mass is 15.1. The van der Waals surface area contributed by atoms with E-state index in [2.05, 4.69) is 243 Å². The van der Waals surface area contributed by atoms with E-state index >= 15 is 0 Å². The van der Waals surface area contributed by atoms with Gasteiger partial charge in [-0.3, -0.25) is 0 Å². The molecule has 298 valence electrons. The van der Waals surface area contributed by atoms with E-state index in [1.807, 2.05) is 0 Å². The number of fused-ring (bicyclic) bond motifs is 5. The fourth-order valence-corrected chi connectivity index (χ4v) is 10.6. The molecule has 0 bridgehead atoms. The molecule has 1 heteroatoms. The van der Waals surface area contributed by atoms with Crippen LogP contribution in [0.15, 0.2) is 241 Å². The molecule has 0 aromatic heterocycles. The van der Waals surface area contributed by atoms with Crippen LogP contribution in [0.5, 0.6) is 0 Å². The Labute approximate surface area is 366 Å².